The summed E-state index contributed by atoms with van der Waals surface area (Å²) < 4.78 is 5.20. The summed E-state index contributed by atoms with van der Waals surface area (Å²) >= 11 is 5.35. The third-order valence-electron chi connectivity index (χ3n) is 5.13. The lowest BCUT2D eigenvalue weighted by Gasteiger charge is -2.12. The Morgan fingerprint density at radius 1 is 1.03 bits per heavy atom. The highest BCUT2D eigenvalue weighted by molar-refractivity contribution is 7.80. The summed E-state index contributed by atoms with van der Waals surface area (Å²) in [6, 6.07) is 18.8. The van der Waals surface area contributed by atoms with E-state index in [-0.39, 0.29) is 11.0 Å². The minimum atomic E-state index is -0.255. The largest absolute Gasteiger partial charge is 0.497 e. The highest BCUT2D eigenvalue weighted by atomic mass is 32.1. The molecule has 0 saturated carbocycles. The van der Waals surface area contributed by atoms with Crippen LogP contribution in [-0.2, 0) is 6.42 Å². The molecule has 0 aliphatic heterocycles. The highest BCUT2D eigenvalue weighted by Gasteiger charge is 2.12. The zero-order chi connectivity index (χ0) is 22.7. The number of thiocarbonyl (C=S) groups is 1. The fourth-order valence-corrected chi connectivity index (χ4v) is 3.46. The summed E-state index contributed by atoms with van der Waals surface area (Å²) in [5, 5.41) is 15.2. The van der Waals surface area contributed by atoms with Crippen LogP contribution in [-0.4, -0.2) is 33.1 Å². The number of benzene rings is 3. The Labute approximate surface area is 191 Å². The van der Waals surface area contributed by atoms with Crippen LogP contribution in [0, 0.1) is 6.92 Å². The van der Waals surface area contributed by atoms with Gasteiger partial charge in [0, 0.05) is 11.3 Å². The number of aryl methyl sites for hydroxylation is 2. The first kappa shape index (κ1) is 21.5. The topological polar surface area (TPSA) is 81.1 Å². The van der Waals surface area contributed by atoms with E-state index in [0.717, 1.165) is 34.6 Å². The van der Waals surface area contributed by atoms with Gasteiger partial charge in [0.2, 0.25) is 0 Å². The molecule has 162 valence electrons. The maximum atomic E-state index is 12.5. The zero-order valence-corrected chi connectivity index (χ0v) is 18.9. The van der Waals surface area contributed by atoms with E-state index < -0.39 is 0 Å². The predicted molar refractivity (Wildman–Crippen MR) is 130 cm³/mol. The lowest BCUT2D eigenvalue weighted by molar-refractivity contribution is 0.0977. The molecule has 7 nitrogen and oxygen atoms in total. The molecular weight excluding hydrogens is 422 g/mol. The number of carbonyl (C=O) groups is 1. The van der Waals surface area contributed by atoms with E-state index >= 15 is 0 Å². The zero-order valence-electron chi connectivity index (χ0n) is 18.0. The van der Waals surface area contributed by atoms with E-state index in [1.165, 1.54) is 5.56 Å². The summed E-state index contributed by atoms with van der Waals surface area (Å²) in [7, 11) is 1.63. The summed E-state index contributed by atoms with van der Waals surface area (Å²) in [4.78, 5) is 14.1. The van der Waals surface area contributed by atoms with Crippen LogP contribution in [0.5, 0.6) is 5.75 Å². The first-order valence-corrected chi connectivity index (χ1v) is 10.6. The van der Waals surface area contributed by atoms with Crippen molar-refractivity contribution in [3.05, 3.63) is 77.4 Å². The fourth-order valence-electron chi connectivity index (χ4n) is 3.25. The third kappa shape index (κ3) is 4.60. The van der Waals surface area contributed by atoms with Crippen molar-refractivity contribution >= 4 is 40.0 Å². The van der Waals surface area contributed by atoms with Crippen LogP contribution in [0.15, 0.2) is 60.7 Å². The summed E-state index contributed by atoms with van der Waals surface area (Å²) in [6.07, 6.45) is 0.923. The third-order valence-corrected chi connectivity index (χ3v) is 5.33. The standard InChI is InChI=1S/C24H23N5O2S/c1-4-16-5-7-17(8-6-16)23(30)26-24(32)25-20-14-22-21(13-15(20)2)27-29(28-22)18-9-11-19(31-3)12-10-18/h5-14H,4H2,1-3H3,(H2,25,26,30,32). The number of nitrogens with one attached hydrogen (secondary N) is 2. The maximum absolute atomic E-state index is 12.5. The second kappa shape index (κ2) is 9.15. The van der Waals surface area contributed by atoms with Gasteiger partial charge in [-0.05, 0) is 85.2 Å². The lowest BCUT2D eigenvalue weighted by Crippen LogP contribution is -2.34. The molecule has 32 heavy (non-hydrogen) atoms. The van der Waals surface area contributed by atoms with Gasteiger partial charge in [-0.25, -0.2) is 0 Å². The number of anilines is 1. The Balaban J connectivity index is 1.50. The van der Waals surface area contributed by atoms with Gasteiger partial charge in [0.05, 0.1) is 12.8 Å². The molecule has 1 heterocycles. The Bertz CT molecular complexity index is 1280. The van der Waals surface area contributed by atoms with E-state index in [0.29, 0.717) is 11.1 Å². The highest BCUT2D eigenvalue weighted by Crippen LogP contribution is 2.23. The van der Waals surface area contributed by atoms with Gasteiger partial charge in [0.15, 0.2) is 5.11 Å². The van der Waals surface area contributed by atoms with Gasteiger partial charge in [0.1, 0.15) is 16.8 Å². The summed E-state index contributed by atoms with van der Waals surface area (Å²) in [6.45, 7) is 4.02. The molecular formula is C24H23N5O2S. The van der Waals surface area contributed by atoms with E-state index in [4.69, 9.17) is 17.0 Å². The molecule has 2 N–H and O–H groups in total. The lowest BCUT2D eigenvalue weighted by atomic mass is 10.1. The smallest absolute Gasteiger partial charge is 0.257 e. The Kier molecular flexibility index (Phi) is 6.13. The van der Waals surface area contributed by atoms with Gasteiger partial charge in [-0.2, -0.15) is 4.80 Å². The van der Waals surface area contributed by atoms with Crippen LogP contribution < -0.4 is 15.4 Å². The van der Waals surface area contributed by atoms with Crippen LogP contribution in [0.4, 0.5) is 5.69 Å². The molecule has 4 aromatic rings. The first-order chi connectivity index (χ1) is 15.5. The van der Waals surface area contributed by atoms with Gasteiger partial charge in [-0.15, -0.1) is 10.2 Å². The molecule has 1 aromatic heterocycles. The van der Waals surface area contributed by atoms with Crippen LogP contribution in [0.25, 0.3) is 16.7 Å². The van der Waals surface area contributed by atoms with Crippen molar-refractivity contribution in [1.82, 2.24) is 20.3 Å². The number of hydrogen-bond acceptors (Lipinski definition) is 5. The van der Waals surface area contributed by atoms with Gasteiger partial charge >= 0.3 is 0 Å². The number of amides is 1. The Morgan fingerprint density at radius 2 is 1.69 bits per heavy atom. The monoisotopic (exact) mass is 445 g/mol. The minimum absolute atomic E-state index is 0.222. The van der Waals surface area contributed by atoms with Crippen molar-refractivity contribution in [2.45, 2.75) is 20.3 Å². The van der Waals surface area contributed by atoms with Crippen LogP contribution in [0.2, 0.25) is 0 Å². The van der Waals surface area contributed by atoms with Gasteiger partial charge < -0.3 is 10.1 Å². The number of fused-ring (bicyclic) bond motifs is 1. The predicted octanol–water partition coefficient (Wildman–Crippen LogP) is 4.43. The van der Waals surface area contributed by atoms with E-state index in [9.17, 15) is 4.79 Å². The molecule has 0 fully saturated rings. The van der Waals surface area contributed by atoms with Crippen molar-refractivity contribution < 1.29 is 9.53 Å². The second-order valence-corrected chi connectivity index (χ2v) is 7.71. The molecule has 0 unspecified atom stereocenters. The Hall–Kier alpha value is -3.78. The second-order valence-electron chi connectivity index (χ2n) is 7.30. The van der Waals surface area contributed by atoms with Crippen LogP contribution >= 0.6 is 12.2 Å². The fraction of sp³-hybridized carbons (Fsp3) is 0.167. The average Bonchev–Trinajstić information content (AvgIpc) is 3.22. The number of nitrogens with zero attached hydrogens (tertiary/aromatic N) is 3. The molecule has 0 radical (unpaired) electrons. The van der Waals surface area contributed by atoms with Crippen molar-refractivity contribution in [3.8, 4) is 11.4 Å². The quantitative estimate of drug-likeness (QED) is 0.443. The van der Waals surface area contributed by atoms with Crippen molar-refractivity contribution in [2.75, 3.05) is 12.4 Å². The van der Waals surface area contributed by atoms with Gasteiger partial charge in [-0.1, -0.05) is 19.1 Å². The average molecular weight is 446 g/mol. The molecule has 4 rings (SSSR count). The molecule has 0 aliphatic carbocycles. The van der Waals surface area contributed by atoms with Crippen LogP contribution in [0.1, 0.15) is 28.4 Å². The van der Waals surface area contributed by atoms with E-state index in [1.807, 2.05) is 55.5 Å². The molecule has 1 amide bonds. The molecule has 0 atom stereocenters. The molecule has 0 saturated heterocycles. The molecule has 0 spiro atoms. The van der Waals surface area contributed by atoms with Crippen molar-refractivity contribution in [3.63, 3.8) is 0 Å². The Morgan fingerprint density at radius 3 is 2.31 bits per heavy atom. The van der Waals surface area contributed by atoms with Crippen LogP contribution in [0.3, 0.4) is 0 Å². The summed E-state index contributed by atoms with van der Waals surface area (Å²) in [5.41, 5.74) is 5.71. The maximum Gasteiger partial charge on any atom is 0.257 e. The molecule has 0 bridgehead atoms. The SMILES string of the molecule is CCc1ccc(C(=O)NC(=S)Nc2cc3nn(-c4ccc(OC)cc4)nc3cc2C)cc1. The van der Waals surface area contributed by atoms with Crippen molar-refractivity contribution in [2.24, 2.45) is 0 Å². The molecule has 0 aliphatic rings. The van der Waals surface area contributed by atoms with Gasteiger partial charge in [-0.3, -0.25) is 10.1 Å². The van der Waals surface area contributed by atoms with Crippen molar-refractivity contribution in [1.29, 1.82) is 0 Å². The normalized spacial score (nSPS) is 10.7. The van der Waals surface area contributed by atoms with Gasteiger partial charge in [0.25, 0.3) is 5.91 Å². The number of methoxy groups -OCH3 is 1. The summed E-state index contributed by atoms with van der Waals surface area (Å²) in [5.74, 6) is 0.513. The number of aromatic nitrogens is 3. The minimum Gasteiger partial charge on any atom is -0.497 e. The number of ether oxygens (including phenoxy) is 1. The molecule has 3 aromatic carbocycles. The van der Waals surface area contributed by atoms with E-state index in [2.05, 4.69) is 27.8 Å². The number of hydrogen-bond donors (Lipinski definition) is 2. The first-order valence-electron chi connectivity index (χ1n) is 10.2. The number of carbonyl (C=O) groups excluding carboxylic acids is 1. The molecule has 8 heteroatoms. The van der Waals surface area contributed by atoms with E-state index in [1.54, 1.807) is 24.0 Å². The number of rotatable bonds is 5.